The zero-order valence-electron chi connectivity index (χ0n) is 12.6. The Hall–Kier alpha value is -1.76. The molecule has 4 nitrogen and oxygen atoms in total. The molecule has 22 heavy (non-hydrogen) atoms. The van der Waals surface area contributed by atoms with Gasteiger partial charge in [0.2, 0.25) is 5.91 Å². The van der Waals surface area contributed by atoms with E-state index in [1.807, 2.05) is 6.92 Å². The van der Waals surface area contributed by atoms with E-state index in [1.165, 1.54) is 13.2 Å². The average molecular weight is 319 g/mol. The van der Waals surface area contributed by atoms with Crippen molar-refractivity contribution in [2.24, 2.45) is 0 Å². The fourth-order valence-corrected chi connectivity index (χ4v) is 1.71. The number of hydrogen-bond donors (Lipinski definition) is 1. The van der Waals surface area contributed by atoms with Crippen molar-refractivity contribution in [3.8, 4) is 5.75 Å². The van der Waals surface area contributed by atoms with Crippen LogP contribution in [0.25, 0.3) is 0 Å². The molecule has 124 valence electrons. The lowest BCUT2D eigenvalue weighted by molar-refractivity contribution is -0.137. The number of methoxy groups -OCH3 is 1. The molecule has 1 N–H and O–H groups in total. The van der Waals surface area contributed by atoms with Gasteiger partial charge in [-0.3, -0.25) is 4.79 Å². The SMILES string of the molecule is CCCCC(=O)Nc1cc(C(F)(F)F)ccc1OCCOC. The normalized spacial score (nSPS) is 11.3. The minimum Gasteiger partial charge on any atom is -0.489 e. The number of rotatable bonds is 8. The third-order valence-corrected chi connectivity index (χ3v) is 2.88. The molecule has 0 atom stereocenters. The Bertz CT molecular complexity index is 489. The quantitative estimate of drug-likeness (QED) is 0.740. The molecule has 0 aliphatic rings. The van der Waals surface area contributed by atoms with Gasteiger partial charge in [0.25, 0.3) is 0 Å². The maximum atomic E-state index is 12.8. The molecule has 0 heterocycles. The molecule has 0 aliphatic heterocycles. The van der Waals surface area contributed by atoms with Crippen molar-refractivity contribution in [3.63, 3.8) is 0 Å². The minimum absolute atomic E-state index is 0.0204. The third kappa shape index (κ3) is 5.93. The molecular weight excluding hydrogens is 299 g/mol. The number of carbonyl (C=O) groups is 1. The van der Waals surface area contributed by atoms with Crippen LogP contribution in [0.3, 0.4) is 0 Å². The number of anilines is 1. The molecule has 0 spiro atoms. The molecule has 7 heteroatoms. The van der Waals surface area contributed by atoms with Crippen molar-refractivity contribution < 1.29 is 27.4 Å². The predicted octanol–water partition coefficient (Wildman–Crippen LogP) is 3.86. The molecule has 1 aromatic carbocycles. The Morgan fingerprint density at radius 3 is 2.59 bits per heavy atom. The van der Waals surface area contributed by atoms with Gasteiger partial charge >= 0.3 is 6.18 Å². The molecule has 0 saturated carbocycles. The van der Waals surface area contributed by atoms with Gasteiger partial charge in [-0.2, -0.15) is 13.2 Å². The Balaban J connectivity index is 2.92. The van der Waals surface area contributed by atoms with E-state index < -0.39 is 11.7 Å². The second-order valence-corrected chi connectivity index (χ2v) is 4.70. The van der Waals surface area contributed by atoms with E-state index in [1.54, 1.807) is 0 Å². The first-order chi connectivity index (χ1) is 10.4. The van der Waals surface area contributed by atoms with E-state index in [0.29, 0.717) is 13.0 Å². The molecule has 0 aromatic heterocycles. The number of alkyl halides is 3. The van der Waals surface area contributed by atoms with E-state index in [0.717, 1.165) is 18.6 Å². The average Bonchev–Trinajstić information content (AvgIpc) is 2.45. The summed E-state index contributed by atoms with van der Waals surface area (Å²) in [6, 6.07) is 3.00. The van der Waals surface area contributed by atoms with E-state index >= 15 is 0 Å². The molecular formula is C15H20F3NO3. The lowest BCUT2D eigenvalue weighted by Crippen LogP contribution is -2.15. The molecule has 1 aromatic rings. The summed E-state index contributed by atoms with van der Waals surface area (Å²) in [5.74, 6) is -0.146. The summed E-state index contributed by atoms with van der Waals surface area (Å²) in [4.78, 5) is 11.7. The molecule has 0 radical (unpaired) electrons. The minimum atomic E-state index is -4.48. The van der Waals surface area contributed by atoms with Crippen LogP contribution in [-0.4, -0.2) is 26.2 Å². The predicted molar refractivity (Wildman–Crippen MR) is 77.0 cm³/mol. The van der Waals surface area contributed by atoms with Crippen LogP contribution in [0.1, 0.15) is 31.7 Å². The Morgan fingerprint density at radius 1 is 1.27 bits per heavy atom. The second-order valence-electron chi connectivity index (χ2n) is 4.70. The molecule has 0 aliphatic carbocycles. The third-order valence-electron chi connectivity index (χ3n) is 2.88. The van der Waals surface area contributed by atoms with E-state index in [-0.39, 0.29) is 30.4 Å². The van der Waals surface area contributed by atoms with Gasteiger partial charge in [0.1, 0.15) is 12.4 Å². The summed E-state index contributed by atoms with van der Waals surface area (Å²) in [5, 5.41) is 2.48. The van der Waals surface area contributed by atoms with Crippen LogP contribution in [-0.2, 0) is 15.7 Å². The van der Waals surface area contributed by atoms with Crippen molar-refractivity contribution in [1.82, 2.24) is 0 Å². The van der Waals surface area contributed by atoms with Gasteiger partial charge in [-0.15, -0.1) is 0 Å². The van der Waals surface area contributed by atoms with Crippen molar-refractivity contribution in [1.29, 1.82) is 0 Å². The molecule has 0 fully saturated rings. The number of carbonyl (C=O) groups excluding carboxylic acids is 1. The molecule has 0 unspecified atom stereocenters. The number of unbranched alkanes of at least 4 members (excludes halogenated alkanes) is 1. The Labute approximate surface area is 127 Å². The lowest BCUT2D eigenvalue weighted by atomic mass is 10.1. The maximum Gasteiger partial charge on any atom is 0.416 e. The van der Waals surface area contributed by atoms with Crippen LogP contribution in [0.2, 0.25) is 0 Å². The Kier molecular flexibility index (Phi) is 7.17. The first kappa shape index (κ1) is 18.3. The van der Waals surface area contributed by atoms with Gasteiger partial charge in [0.15, 0.2) is 0 Å². The van der Waals surface area contributed by atoms with Crippen LogP contribution in [0.4, 0.5) is 18.9 Å². The number of halogens is 3. The fourth-order valence-electron chi connectivity index (χ4n) is 1.71. The van der Waals surface area contributed by atoms with Gasteiger partial charge in [-0.1, -0.05) is 13.3 Å². The van der Waals surface area contributed by atoms with Crippen molar-refractivity contribution in [3.05, 3.63) is 23.8 Å². The first-order valence-corrected chi connectivity index (χ1v) is 7.01. The van der Waals surface area contributed by atoms with E-state index in [9.17, 15) is 18.0 Å². The molecule has 0 bridgehead atoms. The smallest absolute Gasteiger partial charge is 0.416 e. The van der Waals surface area contributed by atoms with E-state index in [2.05, 4.69) is 5.32 Å². The topological polar surface area (TPSA) is 47.6 Å². The highest BCUT2D eigenvalue weighted by atomic mass is 19.4. The zero-order chi connectivity index (χ0) is 16.6. The zero-order valence-corrected chi connectivity index (χ0v) is 12.6. The highest BCUT2D eigenvalue weighted by Crippen LogP contribution is 2.35. The summed E-state index contributed by atoms with van der Waals surface area (Å²) in [6.45, 7) is 2.40. The van der Waals surface area contributed by atoms with Crippen LogP contribution in [0, 0.1) is 0 Å². The van der Waals surface area contributed by atoms with Crippen molar-refractivity contribution >= 4 is 11.6 Å². The Morgan fingerprint density at radius 2 is 2.00 bits per heavy atom. The monoisotopic (exact) mass is 319 g/mol. The van der Waals surface area contributed by atoms with Crippen LogP contribution in [0.15, 0.2) is 18.2 Å². The highest BCUT2D eigenvalue weighted by molar-refractivity contribution is 5.92. The number of amides is 1. The largest absolute Gasteiger partial charge is 0.489 e. The van der Waals surface area contributed by atoms with Gasteiger partial charge < -0.3 is 14.8 Å². The lowest BCUT2D eigenvalue weighted by Gasteiger charge is -2.15. The van der Waals surface area contributed by atoms with Crippen LogP contribution < -0.4 is 10.1 Å². The summed E-state index contributed by atoms with van der Waals surface area (Å²) in [6.07, 6.45) is -2.73. The fraction of sp³-hybridized carbons (Fsp3) is 0.533. The van der Waals surface area contributed by atoms with Gasteiger partial charge in [0, 0.05) is 13.5 Å². The highest BCUT2D eigenvalue weighted by Gasteiger charge is 2.31. The maximum absolute atomic E-state index is 12.8. The number of ether oxygens (including phenoxy) is 2. The summed E-state index contributed by atoms with van der Waals surface area (Å²) in [7, 11) is 1.49. The molecule has 1 rings (SSSR count). The van der Waals surface area contributed by atoms with Crippen molar-refractivity contribution in [2.45, 2.75) is 32.4 Å². The summed E-state index contributed by atoms with van der Waals surface area (Å²) in [5.41, 5.74) is -0.815. The summed E-state index contributed by atoms with van der Waals surface area (Å²) < 4.78 is 48.5. The van der Waals surface area contributed by atoms with Crippen LogP contribution >= 0.6 is 0 Å². The molecule has 0 saturated heterocycles. The standard InChI is InChI=1S/C15H20F3NO3/c1-3-4-5-14(20)19-12-10-11(15(16,17)18)6-7-13(12)22-9-8-21-2/h6-7,10H,3-5,8-9H2,1-2H3,(H,19,20). The summed E-state index contributed by atoms with van der Waals surface area (Å²) >= 11 is 0. The van der Waals surface area contributed by atoms with Crippen molar-refractivity contribution in [2.75, 3.05) is 25.6 Å². The molecule has 1 amide bonds. The van der Waals surface area contributed by atoms with Gasteiger partial charge in [-0.05, 0) is 24.6 Å². The van der Waals surface area contributed by atoms with E-state index in [4.69, 9.17) is 9.47 Å². The second kappa shape index (κ2) is 8.63. The number of benzene rings is 1. The van der Waals surface area contributed by atoms with Gasteiger partial charge in [-0.25, -0.2) is 0 Å². The number of nitrogens with one attached hydrogen (secondary N) is 1. The first-order valence-electron chi connectivity index (χ1n) is 7.01. The van der Waals surface area contributed by atoms with Gasteiger partial charge in [0.05, 0.1) is 17.9 Å². The van der Waals surface area contributed by atoms with Crippen LogP contribution in [0.5, 0.6) is 5.75 Å². The number of hydrogen-bond acceptors (Lipinski definition) is 3.